The fourth-order valence-electron chi connectivity index (χ4n) is 2.60. The topological polar surface area (TPSA) is 21.3 Å². The molecule has 1 aliphatic rings. The van der Waals surface area contributed by atoms with Crippen molar-refractivity contribution in [1.29, 1.82) is 0 Å². The Morgan fingerprint density at radius 1 is 1.42 bits per heavy atom. The predicted octanol–water partition coefficient (Wildman–Crippen LogP) is 4.19. The summed E-state index contributed by atoms with van der Waals surface area (Å²) in [4.78, 5) is 0. The molecule has 1 aromatic rings. The molecule has 0 spiro atoms. The average Bonchev–Trinajstić information content (AvgIpc) is 2.36. The summed E-state index contributed by atoms with van der Waals surface area (Å²) < 4.78 is 6.16. The molecule has 2 rings (SSSR count). The molecule has 0 heterocycles. The van der Waals surface area contributed by atoms with Crippen LogP contribution in [0.5, 0.6) is 5.75 Å². The number of benzene rings is 1. The molecule has 2 atom stereocenters. The minimum absolute atomic E-state index is 0.171. The monoisotopic (exact) mass is 281 g/mol. The Hall–Kier alpha value is -0.730. The van der Waals surface area contributed by atoms with Gasteiger partial charge in [0.05, 0.1) is 0 Å². The first-order valence-electron chi connectivity index (χ1n) is 7.11. The first-order valence-corrected chi connectivity index (χ1v) is 7.49. The van der Waals surface area contributed by atoms with E-state index in [1.54, 1.807) is 0 Å². The van der Waals surface area contributed by atoms with E-state index in [9.17, 15) is 0 Å². The lowest BCUT2D eigenvalue weighted by molar-refractivity contribution is -0.0549. The van der Waals surface area contributed by atoms with Crippen molar-refractivity contribution >= 4 is 11.6 Å². The number of hydrogen-bond acceptors (Lipinski definition) is 2. The van der Waals surface area contributed by atoms with Crippen molar-refractivity contribution < 1.29 is 4.74 Å². The van der Waals surface area contributed by atoms with Gasteiger partial charge in [-0.15, -0.1) is 0 Å². The minimum atomic E-state index is 0.171. The van der Waals surface area contributed by atoms with Gasteiger partial charge in [-0.25, -0.2) is 0 Å². The van der Waals surface area contributed by atoms with Crippen molar-refractivity contribution in [2.75, 3.05) is 6.54 Å². The summed E-state index contributed by atoms with van der Waals surface area (Å²) in [5, 5.41) is 4.33. The largest absolute Gasteiger partial charge is 0.489 e. The summed E-state index contributed by atoms with van der Waals surface area (Å²) in [5.74, 6) is 0.916. The molecule has 0 aliphatic heterocycles. The second-order valence-corrected chi connectivity index (χ2v) is 6.52. The quantitative estimate of drug-likeness (QED) is 0.874. The van der Waals surface area contributed by atoms with E-state index < -0.39 is 0 Å². The Balaban J connectivity index is 2.00. The molecule has 1 aromatic carbocycles. The molecule has 2 unspecified atom stereocenters. The first-order chi connectivity index (χ1) is 8.95. The lowest BCUT2D eigenvalue weighted by Crippen LogP contribution is -2.62. The highest BCUT2D eigenvalue weighted by Crippen LogP contribution is 2.43. The SMILES string of the molecule is CCCNC1CC(Oc2cc(Cl)ccc2C)C1(C)C. The zero-order valence-electron chi connectivity index (χ0n) is 12.3. The van der Waals surface area contributed by atoms with Gasteiger partial charge in [0.25, 0.3) is 0 Å². The number of hydrogen-bond donors (Lipinski definition) is 1. The predicted molar refractivity (Wildman–Crippen MR) is 81.1 cm³/mol. The summed E-state index contributed by atoms with van der Waals surface area (Å²) in [6.45, 7) is 9.88. The molecule has 0 saturated heterocycles. The van der Waals surface area contributed by atoms with Crippen LogP contribution in [-0.4, -0.2) is 18.7 Å². The van der Waals surface area contributed by atoms with Crippen molar-refractivity contribution in [3.63, 3.8) is 0 Å². The van der Waals surface area contributed by atoms with Gasteiger partial charge in [0.2, 0.25) is 0 Å². The molecule has 0 amide bonds. The van der Waals surface area contributed by atoms with Crippen LogP contribution < -0.4 is 10.1 Å². The van der Waals surface area contributed by atoms with Gasteiger partial charge < -0.3 is 10.1 Å². The van der Waals surface area contributed by atoms with Gasteiger partial charge in [-0.1, -0.05) is 38.4 Å². The maximum atomic E-state index is 6.16. The fraction of sp³-hybridized carbons (Fsp3) is 0.625. The Morgan fingerprint density at radius 2 is 2.16 bits per heavy atom. The molecule has 0 radical (unpaired) electrons. The summed E-state index contributed by atoms with van der Waals surface area (Å²) in [6.07, 6.45) is 2.50. The van der Waals surface area contributed by atoms with Crippen LogP contribution in [0.1, 0.15) is 39.2 Å². The zero-order chi connectivity index (χ0) is 14.0. The standard InChI is InChI=1S/C16H24ClNO/c1-5-8-18-14-10-15(16(14,3)4)19-13-9-12(17)7-6-11(13)2/h6-7,9,14-15,18H,5,8,10H2,1-4H3. The van der Waals surface area contributed by atoms with E-state index in [4.69, 9.17) is 16.3 Å². The number of aryl methyl sites for hydroxylation is 1. The molecular weight excluding hydrogens is 258 g/mol. The van der Waals surface area contributed by atoms with Gasteiger partial charge in [-0.2, -0.15) is 0 Å². The highest BCUT2D eigenvalue weighted by Gasteiger charge is 2.49. The Morgan fingerprint density at radius 3 is 2.79 bits per heavy atom. The van der Waals surface area contributed by atoms with E-state index in [0.717, 1.165) is 29.3 Å². The molecule has 1 fully saturated rings. The van der Waals surface area contributed by atoms with Crippen LogP contribution in [-0.2, 0) is 0 Å². The van der Waals surface area contributed by atoms with Crippen LogP contribution in [0, 0.1) is 12.3 Å². The molecule has 0 aromatic heterocycles. The van der Waals surface area contributed by atoms with Crippen molar-refractivity contribution in [3.8, 4) is 5.75 Å². The molecule has 2 nitrogen and oxygen atoms in total. The Kier molecular flexibility index (Phi) is 4.42. The third-order valence-corrected chi connectivity index (χ3v) is 4.47. The number of ether oxygens (including phenoxy) is 1. The second kappa shape index (κ2) is 5.72. The van der Waals surface area contributed by atoms with Gasteiger partial charge in [0.15, 0.2) is 0 Å². The van der Waals surface area contributed by atoms with Gasteiger partial charge in [-0.3, -0.25) is 0 Å². The van der Waals surface area contributed by atoms with Gasteiger partial charge >= 0.3 is 0 Å². The summed E-state index contributed by atoms with van der Waals surface area (Å²) in [5.41, 5.74) is 1.31. The van der Waals surface area contributed by atoms with Crippen molar-refractivity contribution in [1.82, 2.24) is 5.32 Å². The van der Waals surface area contributed by atoms with Crippen LogP contribution in [0.3, 0.4) is 0 Å². The smallest absolute Gasteiger partial charge is 0.124 e. The van der Waals surface area contributed by atoms with Crippen LogP contribution in [0.15, 0.2) is 18.2 Å². The highest BCUT2D eigenvalue weighted by molar-refractivity contribution is 6.30. The van der Waals surface area contributed by atoms with E-state index in [2.05, 4.69) is 33.0 Å². The van der Waals surface area contributed by atoms with E-state index in [0.29, 0.717) is 6.04 Å². The molecule has 0 bridgehead atoms. The summed E-state index contributed by atoms with van der Waals surface area (Å²) >= 11 is 6.04. The zero-order valence-corrected chi connectivity index (χ0v) is 13.1. The molecule has 1 aliphatic carbocycles. The average molecular weight is 282 g/mol. The van der Waals surface area contributed by atoms with Gasteiger partial charge in [0, 0.05) is 22.9 Å². The van der Waals surface area contributed by atoms with E-state index in [1.807, 2.05) is 18.2 Å². The molecule has 3 heteroatoms. The molecule has 1 N–H and O–H groups in total. The minimum Gasteiger partial charge on any atom is -0.489 e. The lowest BCUT2D eigenvalue weighted by atomic mass is 9.64. The van der Waals surface area contributed by atoms with E-state index >= 15 is 0 Å². The Labute approximate surface area is 121 Å². The lowest BCUT2D eigenvalue weighted by Gasteiger charge is -2.52. The van der Waals surface area contributed by atoms with E-state index in [-0.39, 0.29) is 11.5 Å². The maximum absolute atomic E-state index is 6.16. The second-order valence-electron chi connectivity index (χ2n) is 6.08. The molecular formula is C16H24ClNO. The maximum Gasteiger partial charge on any atom is 0.124 e. The Bertz CT molecular complexity index is 444. The first kappa shape index (κ1) is 14.7. The normalized spacial score (nSPS) is 24.9. The van der Waals surface area contributed by atoms with Crippen molar-refractivity contribution in [2.24, 2.45) is 5.41 Å². The number of halogens is 1. The van der Waals surface area contributed by atoms with Crippen molar-refractivity contribution in [2.45, 2.75) is 52.7 Å². The van der Waals surface area contributed by atoms with Crippen LogP contribution in [0.2, 0.25) is 5.02 Å². The number of rotatable bonds is 5. The molecule has 1 saturated carbocycles. The van der Waals surface area contributed by atoms with Crippen LogP contribution >= 0.6 is 11.6 Å². The van der Waals surface area contributed by atoms with E-state index in [1.165, 1.54) is 6.42 Å². The van der Waals surface area contributed by atoms with Crippen LogP contribution in [0.4, 0.5) is 0 Å². The third kappa shape index (κ3) is 3.06. The summed E-state index contributed by atoms with van der Waals surface area (Å²) in [6, 6.07) is 6.38. The third-order valence-electron chi connectivity index (χ3n) is 4.24. The summed E-state index contributed by atoms with van der Waals surface area (Å²) in [7, 11) is 0. The molecule has 106 valence electrons. The highest BCUT2D eigenvalue weighted by atomic mass is 35.5. The van der Waals surface area contributed by atoms with Crippen molar-refractivity contribution in [3.05, 3.63) is 28.8 Å². The number of nitrogens with one attached hydrogen (secondary N) is 1. The van der Waals surface area contributed by atoms with Crippen LogP contribution in [0.25, 0.3) is 0 Å². The molecule has 19 heavy (non-hydrogen) atoms. The van der Waals surface area contributed by atoms with Gasteiger partial charge in [-0.05, 0) is 37.6 Å². The van der Waals surface area contributed by atoms with Gasteiger partial charge in [0.1, 0.15) is 11.9 Å². The fourth-order valence-corrected chi connectivity index (χ4v) is 2.77.